The lowest BCUT2D eigenvalue weighted by molar-refractivity contribution is -0.914. The van der Waals surface area contributed by atoms with Gasteiger partial charge in [-0.25, -0.2) is 4.42 Å². The molecule has 0 N–H and O–H groups in total. The number of unbranched alkanes of at least 4 members (excludes halogenated alkanes) is 2. The van der Waals surface area contributed by atoms with Crippen LogP contribution in [0.1, 0.15) is 51.9 Å². The van der Waals surface area contributed by atoms with E-state index in [9.17, 15) is 0 Å². The second-order valence-electron chi connectivity index (χ2n) is 5.87. The van der Waals surface area contributed by atoms with Crippen molar-refractivity contribution in [2.24, 2.45) is 0 Å². The molecule has 0 spiro atoms. The number of rotatable bonds is 8. The van der Waals surface area contributed by atoms with Crippen LogP contribution in [0.15, 0.2) is 0 Å². The summed E-state index contributed by atoms with van der Waals surface area (Å²) >= 11 is 6.18. The van der Waals surface area contributed by atoms with E-state index < -0.39 is 0 Å². The van der Waals surface area contributed by atoms with E-state index in [0.29, 0.717) is 0 Å². The topological polar surface area (TPSA) is 11.3 Å². The van der Waals surface area contributed by atoms with E-state index in [0.717, 1.165) is 23.2 Å². The first-order valence-electron chi connectivity index (χ1n) is 7.81. The Kier molecular flexibility index (Phi) is 9.25. The number of carbonyl (C=O) groups excluding carboxylic acids is 1. The maximum Gasteiger partial charge on any atom is 0.411 e. The van der Waals surface area contributed by atoms with E-state index in [4.69, 9.17) is 4.42 Å². The Morgan fingerprint density at radius 3 is 2.58 bits per heavy atom. The Hall–Kier alpha value is 0.330. The molecule has 1 rings (SSSR count). The van der Waals surface area contributed by atoms with Gasteiger partial charge < -0.3 is 4.48 Å². The average Bonchev–Trinajstić information content (AvgIpc) is 2.41. The molecule has 1 fully saturated rings. The van der Waals surface area contributed by atoms with E-state index >= 15 is 0 Å². The predicted molar refractivity (Wildman–Crippen MR) is 90.5 cm³/mol. The standard InChI is InChI=1S/C15H30NOS2/c1-3-4-8-13-17-15(18)19-14-9-12-16(2)10-6-5-7-11-16/h3-14H2,1-2H3/q+1/p+1. The van der Waals surface area contributed by atoms with Crippen molar-refractivity contribution in [3.8, 4) is 0 Å². The third-order valence-corrected chi connectivity index (χ3v) is 5.31. The maximum atomic E-state index is 5.60. The zero-order valence-electron chi connectivity index (χ0n) is 12.7. The van der Waals surface area contributed by atoms with Crippen molar-refractivity contribution in [3.63, 3.8) is 0 Å². The number of nitrogens with zero attached hydrogens (tertiary/aromatic N) is 1. The van der Waals surface area contributed by atoms with E-state index in [-0.39, 0.29) is 0 Å². The van der Waals surface area contributed by atoms with Crippen LogP contribution < -0.4 is 0 Å². The molecular formula is C15H31NOS2+2. The summed E-state index contributed by atoms with van der Waals surface area (Å²) in [7, 11) is 2.41. The summed E-state index contributed by atoms with van der Waals surface area (Å²) in [4.78, 5) is 0. The summed E-state index contributed by atoms with van der Waals surface area (Å²) in [5, 5.41) is 0. The molecular weight excluding hydrogens is 274 g/mol. The van der Waals surface area contributed by atoms with Crippen LogP contribution in [0, 0.1) is 0 Å². The van der Waals surface area contributed by atoms with Crippen LogP contribution in [-0.2, 0) is 0 Å². The summed E-state index contributed by atoms with van der Waals surface area (Å²) in [6.07, 6.45) is 9.17. The summed E-state index contributed by atoms with van der Waals surface area (Å²) in [6.45, 7) is 7.09. The molecule has 2 nitrogen and oxygen atoms in total. The van der Waals surface area contributed by atoms with E-state index in [1.54, 1.807) is 11.8 Å². The summed E-state index contributed by atoms with van der Waals surface area (Å²) in [5.41, 5.74) is 0. The Bertz CT molecular complexity index is 263. The summed E-state index contributed by atoms with van der Waals surface area (Å²) in [5.74, 6) is 1.14. The van der Waals surface area contributed by atoms with Gasteiger partial charge in [0.2, 0.25) is 0 Å². The predicted octanol–water partition coefficient (Wildman–Crippen LogP) is 4.52. The van der Waals surface area contributed by atoms with Crippen molar-refractivity contribution in [3.05, 3.63) is 0 Å². The molecule has 0 bridgehead atoms. The zero-order chi connectivity index (χ0) is 14.0. The van der Waals surface area contributed by atoms with Crippen LogP contribution in [0.5, 0.6) is 0 Å². The van der Waals surface area contributed by atoms with Crippen LogP contribution in [0.25, 0.3) is 0 Å². The highest BCUT2D eigenvalue weighted by Gasteiger charge is 2.24. The lowest BCUT2D eigenvalue weighted by atomic mass is 10.1. The smallest absolute Gasteiger partial charge is 0.326 e. The fourth-order valence-corrected chi connectivity index (χ4v) is 3.64. The van der Waals surface area contributed by atoms with Crippen LogP contribution in [0.3, 0.4) is 0 Å². The Morgan fingerprint density at radius 1 is 1.16 bits per heavy atom. The molecule has 1 saturated heterocycles. The number of quaternary nitrogens is 1. The van der Waals surface area contributed by atoms with Crippen LogP contribution in [-0.4, -0.2) is 48.0 Å². The first-order valence-corrected chi connectivity index (χ1v) is 9.25. The van der Waals surface area contributed by atoms with Gasteiger partial charge in [0.1, 0.15) is 0 Å². The maximum absolute atomic E-state index is 5.60. The van der Waals surface area contributed by atoms with Gasteiger partial charge in [-0.15, -0.1) is 0 Å². The molecule has 1 aliphatic rings. The molecule has 0 atom stereocenters. The molecule has 0 aromatic rings. The van der Waals surface area contributed by atoms with Crippen molar-refractivity contribution in [1.29, 1.82) is 0 Å². The fraction of sp³-hybridized carbons (Fsp3) is 0.933. The molecule has 0 saturated carbocycles. The molecule has 0 aromatic heterocycles. The lowest BCUT2D eigenvalue weighted by Gasteiger charge is -2.37. The number of piperidine rings is 1. The highest BCUT2D eigenvalue weighted by molar-refractivity contribution is 8.32. The SMILES string of the molecule is CCCCC[O+]=C(S)SCCC[N+]1(C)CCCCC1. The van der Waals surface area contributed by atoms with Gasteiger partial charge in [0.15, 0.2) is 0 Å². The molecule has 0 amide bonds. The summed E-state index contributed by atoms with van der Waals surface area (Å²) in [6, 6.07) is 0. The lowest BCUT2D eigenvalue weighted by Crippen LogP contribution is -2.48. The normalized spacial score (nSPS) is 19.6. The van der Waals surface area contributed by atoms with Gasteiger partial charge in [-0.1, -0.05) is 13.3 Å². The molecule has 0 aliphatic carbocycles. The van der Waals surface area contributed by atoms with Gasteiger partial charge >= 0.3 is 4.45 Å². The first kappa shape index (κ1) is 17.4. The number of hydrogen-bond donors (Lipinski definition) is 1. The monoisotopic (exact) mass is 305 g/mol. The molecule has 19 heavy (non-hydrogen) atoms. The quantitative estimate of drug-likeness (QED) is 0.301. The van der Waals surface area contributed by atoms with Crippen LogP contribution >= 0.6 is 24.4 Å². The number of likely N-dealkylation sites (tertiary alicyclic amines) is 1. The van der Waals surface area contributed by atoms with Gasteiger partial charge in [-0.2, -0.15) is 0 Å². The molecule has 0 aromatic carbocycles. The minimum atomic E-state index is 0.827. The third-order valence-electron chi connectivity index (χ3n) is 3.94. The molecule has 4 heteroatoms. The van der Waals surface area contributed by atoms with Crippen molar-refractivity contribution in [2.45, 2.75) is 51.9 Å². The van der Waals surface area contributed by atoms with Gasteiger partial charge in [-0.05, 0) is 50.1 Å². The minimum Gasteiger partial charge on any atom is -0.326 e. The number of hydrogen-bond acceptors (Lipinski definition) is 1. The minimum absolute atomic E-state index is 0.827. The van der Waals surface area contributed by atoms with Crippen LogP contribution in [0.2, 0.25) is 0 Å². The molecule has 1 aliphatic heterocycles. The highest BCUT2D eigenvalue weighted by atomic mass is 32.2. The molecule has 1 heterocycles. The van der Waals surface area contributed by atoms with Crippen molar-refractivity contribution in [1.82, 2.24) is 0 Å². The van der Waals surface area contributed by atoms with Crippen molar-refractivity contribution in [2.75, 3.05) is 39.0 Å². The average molecular weight is 306 g/mol. The second-order valence-corrected chi connectivity index (χ2v) is 7.65. The second kappa shape index (κ2) is 10.1. The van der Waals surface area contributed by atoms with Gasteiger partial charge in [0, 0.05) is 18.6 Å². The van der Waals surface area contributed by atoms with Crippen molar-refractivity contribution >= 4 is 28.8 Å². The van der Waals surface area contributed by atoms with Gasteiger partial charge in [0.05, 0.1) is 26.7 Å². The van der Waals surface area contributed by atoms with E-state index in [1.807, 2.05) is 0 Å². The number of thioether (sulfide) groups is 1. The number of thiol groups is 1. The zero-order valence-corrected chi connectivity index (χ0v) is 14.4. The Morgan fingerprint density at radius 2 is 1.89 bits per heavy atom. The third kappa shape index (κ3) is 8.26. The Balaban J connectivity index is 2.06. The van der Waals surface area contributed by atoms with Gasteiger partial charge in [0.25, 0.3) is 6.61 Å². The van der Waals surface area contributed by atoms with Crippen LogP contribution in [0.4, 0.5) is 4.42 Å². The van der Waals surface area contributed by atoms with E-state index in [1.165, 1.54) is 62.6 Å². The Labute approximate surface area is 129 Å². The highest BCUT2D eigenvalue weighted by Crippen LogP contribution is 2.18. The molecule has 0 radical (unpaired) electrons. The van der Waals surface area contributed by atoms with Crippen molar-refractivity contribution < 1.29 is 8.91 Å². The fourth-order valence-electron chi connectivity index (χ4n) is 2.66. The molecule has 0 unspecified atom stereocenters. The van der Waals surface area contributed by atoms with Gasteiger partial charge in [-0.3, -0.25) is 0 Å². The summed E-state index contributed by atoms with van der Waals surface area (Å²) < 4.78 is 7.74. The first-order chi connectivity index (χ1) is 9.16. The van der Waals surface area contributed by atoms with E-state index in [2.05, 4.69) is 26.6 Å². The molecule has 112 valence electrons. The largest absolute Gasteiger partial charge is 0.411 e.